The van der Waals surface area contributed by atoms with E-state index in [-0.39, 0.29) is 10.6 Å². The highest BCUT2D eigenvalue weighted by Crippen LogP contribution is 2.27. The van der Waals surface area contributed by atoms with Crippen LogP contribution in [0.4, 0.5) is 8.78 Å². The van der Waals surface area contributed by atoms with Crippen LogP contribution in [0.1, 0.15) is 15.2 Å². The second-order valence-electron chi connectivity index (χ2n) is 3.43. The molecule has 0 saturated heterocycles. The molecule has 2 nitrogen and oxygen atoms in total. The normalized spacial score (nSPS) is 10.4. The fourth-order valence-electron chi connectivity index (χ4n) is 1.37. The van der Waals surface area contributed by atoms with Crippen LogP contribution in [0.25, 0.3) is 0 Å². The predicted octanol–water partition coefficient (Wildman–Crippen LogP) is 3.92. The smallest absolute Gasteiger partial charge is 0.204 e. The molecule has 0 fully saturated rings. The summed E-state index contributed by atoms with van der Waals surface area (Å²) in [5.41, 5.74) is -0.0694. The number of methoxy groups -OCH3 is 1. The minimum Gasteiger partial charge on any atom is -0.496 e. The number of hydrogen-bond donors (Lipinski definition) is 0. The maximum absolute atomic E-state index is 13.1. The van der Waals surface area contributed by atoms with Crippen molar-refractivity contribution in [1.29, 1.82) is 0 Å². The highest BCUT2D eigenvalue weighted by Gasteiger charge is 2.18. The van der Waals surface area contributed by atoms with Crippen molar-refractivity contribution in [2.45, 2.75) is 0 Å². The first-order valence-electron chi connectivity index (χ1n) is 4.84. The van der Waals surface area contributed by atoms with Crippen LogP contribution in [0, 0.1) is 11.6 Å². The molecule has 1 heterocycles. The molecule has 0 radical (unpaired) electrons. The number of thiophene rings is 1. The lowest BCUT2D eigenvalue weighted by Crippen LogP contribution is -2.02. The number of rotatable bonds is 3. The highest BCUT2D eigenvalue weighted by atomic mass is 35.5. The molecule has 2 rings (SSSR count). The van der Waals surface area contributed by atoms with Crippen LogP contribution in [0.2, 0.25) is 5.02 Å². The Labute approximate surface area is 111 Å². The lowest BCUT2D eigenvalue weighted by molar-refractivity contribution is 0.104. The fourth-order valence-corrected chi connectivity index (χ4v) is 2.42. The van der Waals surface area contributed by atoms with Crippen LogP contribution < -0.4 is 4.74 Å². The van der Waals surface area contributed by atoms with Crippen molar-refractivity contribution in [1.82, 2.24) is 0 Å². The summed E-state index contributed by atoms with van der Waals surface area (Å²) in [6.07, 6.45) is 0. The van der Waals surface area contributed by atoms with E-state index in [4.69, 9.17) is 16.3 Å². The van der Waals surface area contributed by atoms with Crippen molar-refractivity contribution >= 4 is 28.7 Å². The molecular weight excluding hydrogens is 282 g/mol. The zero-order valence-corrected chi connectivity index (χ0v) is 10.7. The predicted molar refractivity (Wildman–Crippen MR) is 65.7 cm³/mol. The summed E-state index contributed by atoms with van der Waals surface area (Å²) < 4.78 is 30.9. The quantitative estimate of drug-likeness (QED) is 0.632. The number of carbonyl (C=O) groups excluding carboxylic acids is 1. The minimum atomic E-state index is -1.11. The number of ether oxygens (including phenoxy) is 1. The molecule has 2 aromatic rings. The number of halogens is 3. The van der Waals surface area contributed by atoms with Crippen LogP contribution in [0.15, 0.2) is 23.6 Å². The molecule has 0 aliphatic heterocycles. The molecule has 18 heavy (non-hydrogen) atoms. The Balaban J connectivity index is 2.42. The summed E-state index contributed by atoms with van der Waals surface area (Å²) in [4.78, 5) is 12.4. The van der Waals surface area contributed by atoms with Gasteiger partial charge in [0.2, 0.25) is 5.78 Å². The van der Waals surface area contributed by atoms with Crippen molar-refractivity contribution < 1.29 is 18.3 Å². The SMILES string of the molecule is COc1csc(C(=O)c2cc(F)c(F)cc2Cl)c1. The molecule has 94 valence electrons. The summed E-state index contributed by atoms with van der Waals surface area (Å²) in [6.45, 7) is 0. The second-order valence-corrected chi connectivity index (χ2v) is 4.74. The van der Waals surface area contributed by atoms with E-state index >= 15 is 0 Å². The Morgan fingerprint density at radius 1 is 1.28 bits per heavy atom. The number of benzene rings is 1. The average molecular weight is 289 g/mol. The Morgan fingerprint density at radius 3 is 2.56 bits per heavy atom. The van der Waals surface area contributed by atoms with Gasteiger partial charge in [-0.3, -0.25) is 4.79 Å². The lowest BCUT2D eigenvalue weighted by atomic mass is 10.1. The van der Waals surface area contributed by atoms with Gasteiger partial charge in [0.1, 0.15) is 5.75 Å². The maximum Gasteiger partial charge on any atom is 0.204 e. The van der Waals surface area contributed by atoms with E-state index in [2.05, 4.69) is 0 Å². The van der Waals surface area contributed by atoms with Gasteiger partial charge < -0.3 is 4.74 Å². The van der Waals surface area contributed by atoms with Crippen molar-refractivity contribution in [2.75, 3.05) is 7.11 Å². The molecule has 0 amide bonds. The van der Waals surface area contributed by atoms with Gasteiger partial charge in [0.15, 0.2) is 11.6 Å². The van der Waals surface area contributed by atoms with Crippen molar-refractivity contribution in [3.8, 4) is 5.75 Å². The Morgan fingerprint density at radius 2 is 1.94 bits per heavy atom. The van der Waals surface area contributed by atoms with E-state index in [0.29, 0.717) is 10.6 Å². The van der Waals surface area contributed by atoms with Gasteiger partial charge in [0, 0.05) is 17.0 Å². The van der Waals surface area contributed by atoms with Gasteiger partial charge in [-0.25, -0.2) is 8.78 Å². The summed E-state index contributed by atoms with van der Waals surface area (Å²) in [7, 11) is 1.47. The third-order valence-corrected chi connectivity index (χ3v) is 3.51. The van der Waals surface area contributed by atoms with E-state index in [1.807, 2.05) is 0 Å². The standard InChI is InChI=1S/C12H7ClF2O2S/c1-17-6-2-11(18-5-6)12(16)7-3-9(14)10(15)4-8(7)13/h2-5H,1H3. The van der Waals surface area contributed by atoms with Crippen molar-refractivity contribution in [3.05, 3.63) is 50.7 Å². The Kier molecular flexibility index (Phi) is 3.63. The van der Waals surface area contributed by atoms with Gasteiger partial charge in [-0.2, -0.15) is 0 Å². The van der Waals surface area contributed by atoms with Crippen LogP contribution in [-0.4, -0.2) is 12.9 Å². The molecule has 0 bridgehead atoms. The first kappa shape index (κ1) is 13.0. The molecule has 0 spiro atoms. The summed E-state index contributed by atoms with van der Waals surface area (Å²) in [5.74, 6) is -2.12. The van der Waals surface area contributed by atoms with Crippen molar-refractivity contribution in [2.24, 2.45) is 0 Å². The number of hydrogen-bond acceptors (Lipinski definition) is 3. The lowest BCUT2D eigenvalue weighted by Gasteiger charge is -2.02. The zero-order chi connectivity index (χ0) is 13.3. The van der Waals surface area contributed by atoms with E-state index in [1.54, 1.807) is 5.38 Å². The number of ketones is 1. The number of carbonyl (C=O) groups is 1. The van der Waals surface area contributed by atoms with Gasteiger partial charge in [0.25, 0.3) is 0 Å². The molecule has 6 heteroatoms. The fraction of sp³-hybridized carbons (Fsp3) is 0.0833. The molecule has 0 N–H and O–H groups in total. The van der Waals surface area contributed by atoms with E-state index in [0.717, 1.165) is 23.5 Å². The third kappa shape index (κ3) is 2.37. The van der Waals surface area contributed by atoms with Crippen LogP contribution in [0.5, 0.6) is 5.75 Å². The van der Waals surface area contributed by atoms with Crippen LogP contribution in [-0.2, 0) is 0 Å². The first-order valence-corrected chi connectivity index (χ1v) is 6.10. The molecule has 1 aromatic carbocycles. The van der Waals surface area contributed by atoms with Crippen LogP contribution >= 0.6 is 22.9 Å². The molecule has 0 saturated carbocycles. The molecule has 0 unspecified atom stereocenters. The van der Waals surface area contributed by atoms with E-state index < -0.39 is 17.4 Å². The minimum absolute atomic E-state index is 0.0694. The third-order valence-electron chi connectivity index (χ3n) is 2.29. The first-order chi connectivity index (χ1) is 8.52. The van der Waals surface area contributed by atoms with Gasteiger partial charge >= 0.3 is 0 Å². The van der Waals surface area contributed by atoms with Gasteiger partial charge in [-0.15, -0.1) is 11.3 Å². The molecule has 0 atom stereocenters. The Bertz CT molecular complexity index is 610. The summed E-state index contributed by atoms with van der Waals surface area (Å²) >= 11 is 6.88. The largest absolute Gasteiger partial charge is 0.496 e. The van der Waals surface area contributed by atoms with Crippen molar-refractivity contribution in [3.63, 3.8) is 0 Å². The monoisotopic (exact) mass is 288 g/mol. The molecule has 1 aromatic heterocycles. The van der Waals surface area contributed by atoms with E-state index in [9.17, 15) is 13.6 Å². The van der Waals surface area contributed by atoms with Gasteiger partial charge in [0.05, 0.1) is 17.0 Å². The highest BCUT2D eigenvalue weighted by molar-refractivity contribution is 7.12. The van der Waals surface area contributed by atoms with Crippen LogP contribution in [0.3, 0.4) is 0 Å². The Hall–Kier alpha value is -1.46. The van der Waals surface area contributed by atoms with Gasteiger partial charge in [-0.05, 0) is 12.1 Å². The van der Waals surface area contributed by atoms with E-state index in [1.165, 1.54) is 13.2 Å². The molecule has 0 aliphatic rings. The topological polar surface area (TPSA) is 26.3 Å². The molecule has 0 aliphatic carbocycles. The maximum atomic E-state index is 13.1. The zero-order valence-electron chi connectivity index (χ0n) is 9.17. The second kappa shape index (κ2) is 5.04. The summed E-state index contributed by atoms with van der Waals surface area (Å²) in [6, 6.07) is 3.10. The summed E-state index contributed by atoms with van der Waals surface area (Å²) in [5, 5.41) is 1.52. The molecular formula is C12H7ClF2O2S. The average Bonchev–Trinajstić information content (AvgIpc) is 2.81. The van der Waals surface area contributed by atoms with Gasteiger partial charge in [-0.1, -0.05) is 11.6 Å².